The summed E-state index contributed by atoms with van der Waals surface area (Å²) in [4.78, 5) is 38.8. The molecule has 0 spiro atoms. The summed E-state index contributed by atoms with van der Waals surface area (Å²) >= 11 is 1.42. The van der Waals surface area contributed by atoms with Gasteiger partial charge in [-0.15, -0.1) is 11.3 Å². The highest BCUT2D eigenvalue weighted by molar-refractivity contribution is 7.90. The Bertz CT molecular complexity index is 1420. The molecule has 0 bridgehead atoms. The van der Waals surface area contributed by atoms with E-state index < -0.39 is 16.1 Å². The molecule has 0 radical (unpaired) electrons. The predicted octanol–water partition coefficient (Wildman–Crippen LogP) is 0.527. The lowest BCUT2D eigenvalue weighted by molar-refractivity contribution is -0.133. The van der Waals surface area contributed by atoms with E-state index in [4.69, 9.17) is 0 Å². The second kappa shape index (κ2) is 8.36. The van der Waals surface area contributed by atoms with Gasteiger partial charge in [0.15, 0.2) is 4.96 Å². The molecule has 10 nitrogen and oxygen atoms in total. The third-order valence-electron chi connectivity index (χ3n) is 5.77. The lowest BCUT2D eigenvalue weighted by atomic mass is 10.2. The maximum absolute atomic E-state index is 13.0. The summed E-state index contributed by atoms with van der Waals surface area (Å²) in [6.07, 6.45) is 1.71. The van der Waals surface area contributed by atoms with E-state index >= 15 is 0 Å². The standard InChI is InChI=1S/C21H22N6O4S2/c1-14(22-19-16-4-2-3-5-17(16)33(30,31)24-19)20(29)26-8-6-25(7-9-26)13-15-12-18(28)27-10-11-32-21(27)23-15/h2-5,10-12,14H,6-9,13H2,1H3,(H,22,24)/t14-/m1/s1. The fourth-order valence-electron chi connectivity index (χ4n) is 4.07. The molecule has 3 aromatic rings. The minimum absolute atomic E-state index is 0.0953. The smallest absolute Gasteiger partial charge is 0.263 e. The van der Waals surface area contributed by atoms with Crippen molar-refractivity contribution in [3.8, 4) is 0 Å². The van der Waals surface area contributed by atoms with Crippen molar-refractivity contribution in [2.75, 3.05) is 26.2 Å². The first-order valence-electron chi connectivity index (χ1n) is 10.5. The number of aliphatic imine (C=N–C) groups is 1. The Labute approximate surface area is 194 Å². The van der Waals surface area contributed by atoms with Gasteiger partial charge in [-0.2, -0.15) is 0 Å². The highest BCUT2D eigenvalue weighted by atomic mass is 32.2. The van der Waals surface area contributed by atoms with Gasteiger partial charge in [0.25, 0.3) is 15.6 Å². The molecule has 0 unspecified atom stereocenters. The molecule has 33 heavy (non-hydrogen) atoms. The van der Waals surface area contributed by atoms with Crippen LogP contribution in [-0.4, -0.2) is 71.6 Å². The van der Waals surface area contributed by atoms with Gasteiger partial charge in [0, 0.05) is 55.9 Å². The summed E-state index contributed by atoms with van der Waals surface area (Å²) in [5.41, 5.74) is 1.10. The Hall–Kier alpha value is -3.09. The molecule has 2 aliphatic heterocycles. The van der Waals surface area contributed by atoms with Gasteiger partial charge >= 0.3 is 0 Å². The van der Waals surface area contributed by atoms with E-state index in [1.54, 1.807) is 42.3 Å². The van der Waals surface area contributed by atoms with Crippen LogP contribution in [0.5, 0.6) is 0 Å². The summed E-state index contributed by atoms with van der Waals surface area (Å²) in [5.74, 6) is 0.0496. The Kier molecular flexibility index (Phi) is 5.51. The van der Waals surface area contributed by atoms with E-state index in [1.807, 2.05) is 5.38 Å². The van der Waals surface area contributed by atoms with Crippen LogP contribution in [-0.2, 0) is 21.4 Å². The van der Waals surface area contributed by atoms with Crippen molar-refractivity contribution in [1.29, 1.82) is 0 Å². The molecule has 12 heteroatoms. The second-order valence-corrected chi connectivity index (χ2v) is 10.5. The maximum atomic E-state index is 13.0. The normalized spacial score (nSPS) is 20.0. The molecule has 1 atom stereocenters. The zero-order valence-electron chi connectivity index (χ0n) is 17.8. The molecule has 1 aromatic carbocycles. The van der Waals surface area contributed by atoms with E-state index in [9.17, 15) is 18.0 Å². The van der Waals surface area contributed by atoms with Crippen LogP contribution in [0.15, 0.2) is 56.6 Å². The Morgan fingerprint density at radius 1 is 1.24 bits per heavy atom. The maximum Gasteiger partial charge on any atom is 0.263 e. The zero-order valence-corrected chi connectivity index (χ0v) is 19.5. The lowest BCUT2D eigenvalue weighted by Gasteiger charge is -2.35. The van der Waals surface area contributed by atoms with Gasteiger partial charge in [-0.1, -0.05) is 12.1 Å². The number of hydrogen-bond donors (Lipinski definition) is 1. The quantitative estimate of drug-likeness (QED) is 0.575. The topological polar surface area (TPSA) is 116 Å². The number of fused-ring (bicyclic) bond motifs is 2. The first kappa shape index (κ1) is 21.7. The van der Waals surface area contributed by atoms with Gasteiger partial charge in [0.05, 0.1) is 10.6 Å². The monoisotopic (exact) mass is 486 g/mol. The number of hydrogen-bond acceptors (Lipinski definition) is 8. The number of carbonyl (C=O) groups is 1. The van der Waals surface area contributed by atoms with Crippen molar-refractivity contribution in [3.63, 3.8) is 0 Å². The number of amides is 1. The molecule has 172 valence electrons. The number of benzene rings is 1. The van der Waals surface area contributed by atoms with Gasteiger partial charge in [0.1, 0.15) is 11.9 Å². The first-order valence-corrected chi connectivity index (χ1v) is 12.8. The minimum atomic E-state index is -3.64. The number of sulfonamides is 1. The Balaban J connectivity index is 1.22. The summed E-state index contributed by atoms with van der Waals surface area (Å²) in [7, 11) is -3.64. The summed E-state index contributed by atoms with van der Waals surface area (Å²) < 4.78 is 28.5. The fraction of sp³-hybridized carbons (Fsp3) is 0.333. The number of thiazole rings is 1. The number of nitrogens with one attached hydrogen (secondary N) is 1. The molecule has 2 aliphatic rings. The molecule has 1 amide bonds. The lowest BCUT2D eigenvalue weighted by Crippen LogP contribution is -2.50. The van der Waals surface area contributed by atoms with Gasteiger partial charge in [-0.25, -0.2) is 13.4 Å². The largest absolute Gasteiger partial charge is 0.338 e. The van der Waals surface area contributed by atoms with Crippen molar-refractivity contribution >= 4 is 38.1 Å². The molecular weight excluding hydrogens is 464 g/mol. The molecule has 1 N–H and O–H groups in total. The fourth-order valence-corrected chi connectivity index (χ4v) is 6.04. The summed E-state index contributed by atoms with van der Waals surface area (Å²) in [6, 6.07) is 7.42. The van der Waals surface area contributed by atoms with E-state index in [-0.39, 0.29) is 22.2 Å². The molecule has 1 fully saturated rings. The predicted molar refractivity (Wildman–Crippen MR) is 124 cm³/mol. The van der Waals surface area contributed by atoms with E-state index in [1.165, 1.54) is 21.8 Å². The van der Waals surface area contributed by atoms with Crippen molar-refractivity contribution in [1.82, 2.24) is 23.9 Å². The SMILES string of the molecule is C[C@@H](N=C1NS(=O)(=O)c2ccccc21)C(=O)N1CCN(Cc2cc(=O)n3ccsc3n2)CC1. The van der Waals surface area contributed by atoms with Crippen LogP contribution < -0.4 is 10.3 Å². The number of piperazine rings is 1. The van der Waals surface area contributed by atoms with Crippen molar-refractivity contribution < 1.29 is 13.2 Å². The molecule has 0 aliphatic carbocycles. The summed E-state index contributed by atoms with van der Waals surface area (Å²) in [5, 5.41) is 1.83. The number of aromatic nitrogens is 2. The van der Waals surface area contributed by atoms with E-state index in [0.29, 0.717) is 48.9 Å². The Morgan fingerprint density at radius 3 is 2.79 bits per heavy atom. The molecule has 5 rings (SSSR count). The molecule has 2 aromatic heterocycles. The van der Waals surface area contributed by atoms with Gasteiger partial charge in [0.2, 0.25) is 5.91 Å². The van der Waals surface area contributed by atoms with Gasteiger partial charge in [-0.05, 0) is 19.1 Å². The van der Waals surface area contributed by atoms with Gasteiger partial charge in [-0.3, -0.25) is 28.6 Å². The number of carbonyl (C=O) groups excluding carboxylic acids is 1. The number of amidine groups is 1. The Morgan fingerprint density at radius 2 is 2.00 bits per heavy atom. The van der Waals surface area contributed by atoms with Crippen LogP contribution in [0.1, 0.15) is 18.2 Å². The van der Waals surface area contributed by atoms with Crippen LogP contribution in [0, 0.1) is 0 Å². The van der Waals surface area contributed by atoms with Crippen LogP contribution in [0.25, 0.3) is 4.96 Å². The molecular formula is C21H22N6O4S2. The second-order valence-electron chi connectivity index (χ2n) is 8.00. The summed E-state index contributed by atoms with van der Waals surface area (Å²) in [6.45, 7) is 4.56. The number of nitrogens with zero attached hydrogens (tertiary/aromatic N) is 5. The molecule has 0 saturated carbocycles. The van der Waals surface area contributed by atoms with Crippen molar-refractivity contribution in [2.24, 2.45) is 4.99 Å². The minimum Gasteiger partial charge on any atom is -0.338 e. The van der Waals surface area contributed by atoms with Crippen LogP contribution in [0.4, 0.5) is 0 Å². The van der Waals surface area contributed by atoms with E-state index in [0.717, 1.165) is 0 Å². The third kappa shape index (κ3) is 4.16. The van der Waals surface area contributed by atoms with Crippen LogP contribution in [0.2, 0.25) is 0 Å². The van der Waals surface area contributed by atoms with E-state index in [2.05, 4.69) is 19.6 Å². The zero-order chi connectivity index (χ0) is 23.2. The molecule has 1 saturated heterocycles. The highest BCUT2D eigenvalue weighted by Gasteiger charge is 2.32. The third-order valence-corrected chi connectivity index (χ3v) is 7.92. The van der Waals surface area contributed by atoms with Crippen molar-refractivity contribution in [2.45, 2.75) is 24.4 Å². The highest BCUT2D eigenvalue weighted by Crippen LogP contribution is 2.23. The average Bonchev–Trinajstić information content (AvgIpc) is 3.37. The van der Waals surface area contributed by atoms with Crippen LogP contribution >= 0.6 is 11.3 Å². The molecule has 4 heterocycles. The van der Waals surface area contributed by atoms with Gasteiger partial charge < -0.3 is 4.90 Å². The first-order chi connectivity index (χ1) is 15.8. The van der Waals surface area contributed by atoms with Crippen molar-refractivity contribution in [3.05, 3.63) is 63.5 Å². The van der Waals surface area contributed by atoms with Crippen LogP contribution in [0.3, 0.4) is 0 Å². The average molecular weight is 487 g/mol. The number of rotatable bonds is 4.